The van der Waals surface area contributed by atoms with Crippen molar-refractivity contribution in [2.24, 2.45) is 10.9 Å². The van der Waals surface area contributed by atoms with Crippen molar-refractivity contribution in [3.8, 4) is 0 Å². The van der Waals surface area contributed by atoms with E-state index in [0.29, 0.717) is 10.6 Å². The molecular weight excluding hydrogens is 250 g/mol. The van der Waals surface area contributed by atoms with Gasteiger partial charge in [0, 0.05) is 29.9 Å². The number of hydrogen-bond acceptors (Lipinski definition) is 3. The van der Waals surface area contributed by atoms with Gasteiger partial charge in [-0.05, 0) is 24.6 Å². The smallest absolute Gasteiger partial charge is 0.172 e. The highest BCUT2D eigenvalue weighted by Gasteiger charge is 2.11. The average molecular weight is 270 g/mol. The summed E-state index contributed by atoms with van der Waals surface area (Å²) < 4.78 is 0. The third kappa shape index (κ3) is 3.81. The molecule has 3 N–H and O–H groups in total. The van der Waals surface area contributed by atoms with Crippen molar-refractivity contribution in [3.63, 3.8) is 0 Å². The third-order valence-corrected chi connectivity index (χ3v) is 3.09. The van der Waals surface area contributed by atoms with Crippen LogP contribution in [0, 0.1) is 0 Å². The predicted molar refractivity (Wildman–Crippen MR) is 76.8 cm³/mol. The Kier molecular flexibility index (Phi) is 5.78. The molecule has 0 atom stereocenters. The van der Waals surface area contributed by atoms with Crippen molar-refractivity contribution < 1.29 is 5.21 Å². The summed E-state index contributed by atoms with van der Waals surface area (Å²) in [6.45, 7) is 3.08. The molecule has 0 aromatic heterocycles. The van der Waals surface area contributed by atoms with Crippen LogP contribution in [0.3, 0.4) is 0 Å². The lowest BCUT2D eigenvalue weighted by atomic mass is 10.1. The molecule has 4 nitrogen and oxygen atoms in total. The van der Waals surface area contributed by atoms with E-state index in [1.807, 2.05) is 13.1 Å². The second kappa shape index (κ2) is 7.11. The molecule has 1 rings (SSSR count). The van der Waals surface area contributed by atoms with E-state index in [0.717, 1.165) is 18.7 Å². The first-order valence-corrected chi connectivity index (χ1v) is 6.46. The van der Waals surface area contributed by atoms with Crippen molar-refractivity contribution in [2.75, 3.05) is 18.5 Å². The van der Waals surface area contributed by atoms with Gasteiger partial charge < -0.3 is 15.8 Å². The van der Waals surface area contributed by atoms with Gasteiger partial charge >= 0.3 is 0 Å². The molecule has 0 aliphatic heterocycles. The van der Waals surface area contributed by atoms with E-state index in [1.54, 1.807) is 12.1 Å². The van der Waals surface area contributed by atoms with Gasteiger partial charge in [-0.1, -0.05) is 36.5 Å². The zero-order chi connectivity index (χ0) is 13.5. The maximum atomic E-state index is 8.79. The molecule has 5 heteroatoms. The van der Waals surface area contributed by atoms with Crippen LogP contribution in [0.2, 0.25) is 5.02 Å². The molecule has 100 valence electrons. The fourth-order valence-corrected chi connectivity index (χ4v) is 1.98. The van der Waals surface area contributed by atoms with E-state index in [1.165, 1.54) is 12.8 Å². The Hall–Kier alpha value is -1.42. The maximum Gasteiger partial charge on any atom is 0.172 e. The quantitative estimate of drug-likeness (QED) is 0.274. The lowest BCUT2D eigenvalue weighted by molar-refractivity contribution is 0.318. The minimum absolute atomic E-state index is 0.101. The Balaban J connectivity index is 2.94. The number of hydrogen-bond donors (Lipinski definition) is 2. The predicted octanol–water partition coefficient (Wildman–Crippen LogP) is 3.06. The van der Waals surface area contributed by atoms with Crippen LogP contribution >= 0.6 is 11.6 Å². The molecule has 0 aliphatic carbocycles. The second-order valence-corrected chi connectivity index (χ2v) is 4.71. The number of halogens is 1. The van der Waals surface area contributed by atoms with Crippen LogP contribution in [-0.2, 0) is 0 Å². The minimum atomic E-state index is 0.101. The summed E-state index contributed by atoms with van der Waals surface area (Å²) in [5.41, 5.74) is 7.25. The van der Waals surface area contributed by atoms with Gasteiger partial charge in [-0.25, -0.2) is 0 Å². The highest BCUT2D eigenvalue weighted by Crippen LogP contribution is 2.24. The molecule has 0 radical (unpaired) electrons. The third-order valence-electron chi connectivity index (χ3n) is 2.85. The van der Waals surface area contributed by atoms with E-state index >= 15 is 0 Å². The van der Waals surface area contributed by atoms with Crippen LogP contribution in [0.1, 0.15) is 31.7 Å². The molecule has 0 fully saturated rings. The van der Waals surface area contributed by atoms with Crippen molar-refractivity contribution in [1.82, 2.24) is 0 Å². The van der Waals surface area contributed by atoms with Crippen LogP contribution in [0.15, 0.2) is 23.4 Å². The highest BCUT2D eigenvalue weighted by molar-refractivity contribution is 6.31. The van der Waals surface area contributed by atoms with E-state index in [9.17, 15) is 0 Å². The first kappa shape index (κ1) is 14.6. The Morgan fingerprint density at radius 1 is 1.44 bits per heavy atom. The number of rotatable bonds is 6. The molecule has 0 saturated heterocycles. The van der Waals surface area contributed by atoms with Crippen LogP contribution in [0.25, 0.3) is 0 Å². The molecule has 0 bridgehead atoms. The Morgan fingerprint density at radius 3 is 2.78 bits per heavy atom. The molecule has 1 aromatic rings. The van der Waals surface area contributed by atoms with Gasteiger partial charge in [-0.2, -0.15) is 0 Å². The molecule has 0 aliphatic rings. The van der Waals surface area contributed by atoms with Gasteiger partial charge in [0.25, 0.3) is 0 Å². The number of nitrogens with two attached hydrogens (primary N) is 1. The monoisotopic (exact) mass is 269 g/mol. The van der Waals surface area contributed by atoms with Gasteiger partial charge in [0.2, 0.25) is 0 Å². The Labute approximate surface area is 113 Å². The molecule has 1 aromatic carbocycles. The number of benzene rings is 1. The fraction of sp³-hybridized carbons (Fsp3) is 0.462. The molecule has 0 spiro atoms. The summed E-state index contributed by atoms with van der Waals surface area (Å²) in [4.78, 5) is 2.08. The minimum Gasteiger partial charge on any atom is -0.409 e. The Bertz CT molecular complexity index is 421. The first-order valence-electron chi connectivity index (χ1n) is 6.08. The molecule has 0 saturated carbocycles. The summed E-state index contributed by atoms with van der Waals surface area (Å²) >= 11 is 6.00. The van der Waals surface area contributed by atoms with Gasteiger partial charge in [0.15, 0.2) is 5.84 Å². The molecule has 18 heavy (non-hydrogen) atoms. The standard InChI is InChI=1S/C13H20ClN3O/c1-3-4-5-8-17(2)12-9-10(14)6-7-11(12)13(15)16-18/h6-7,9,18H,3-5,8H2,1-2H3,(H2,15,16). The van der Waals surface area contributed by atoms with Crippen LogP contribution in [-0.4, -0.2) is 24.6 Å². The highest BCUT2D eigenvalue weighted by atomic mass is 35.5. The zero-order valence-corrected chi connectivity index (χ0v) is 11.6. The summed E-state index contributed by atoms with van der Waals surface area (Å²) in [6.07, 6.45) is 3.47. The Morgan fingerprint density at radius 2 is 2.17 bits per heavy atom. The summed E-state index contributed by atoms with van der Waals surface area (Å²) in [5.74, 6) is 0.101. The first-order chi connectivity index (χ1) is 8.60. The summed E-state index contributed by atoms with van der Waals surface area (Å²) in [6, 6.07) is 5.34. The number of oxime groups is 1. The largest absolute Gasteiger partial charge is 0.409 e. The SMILES string of the molecule is CCCCCN(C)c1cc(Cl)ccc1C(N)=NO. The van der Waals surface area contributed by atoms with Gasteiger partial charge in [-0.3, -0.25) is 0 Å². The zero-order valence-electron chi connectivity index (χ0n) is 10.9. The van der Waals surface area contributed by atoms with E-state index in [4.69, 9.17) is 22.5 Å². The van der Waals surface area contributed by atoms with E-state index in [2.05, 4.69) is 17.0 Å². The number of amidine groups is 1. The van der Waals surface area contributed by atoms with Crippen LogP contribution < -0.4 is 10.6 Å². The number of nitrogens with zero attached hydrogens (tertiary/aromatic N) is 2. The second-order valence-electron chi connectivity index (χ2n) is 4.28. The molecule has 0 unspecified atom stereocenters. The topological polar surface area (TPSA) is 61.8 Å². The molecule has 0 amide bonds. The van der Waals surface area contributed by atoms with Crippen molar-refractivity contribution in [1.29, 1.82) is 0 Å². The summed E-state index contributed by atoms with van der Waals surface area (Å²) in [5, 5.41) is 12.5. The van der Waals surface area contributed by atoms with Crippen molar-refractivity contribution in [3.05, 3.63) is 28.8 Å². The average Bonchev–Trinajstić information content (AvgIpc) is 2.38. The normalized spacial score (nSPS) is 11.6. The fourth-order valence-electron chi connectivity index (χ4n) is 1.81. The summed E-state index contributed by atoms with van der Waals surface area (Å²) in [7, 11) is 1.98. The number of anilines is 1. The molecular formula is C13H20ClN3O. The maximum absolute atomic E-state index is 8.79. The van der Waals surface area contributed by atoms with E-state index in [-0.39, 0.29) is 5.84 Å². The van der Waals surface area contributed by atoms with Crippen LogP contribution in [0.5, 0.6) is 0 Å². The number of unbranched alkanes of at least 4 members (excludes halogenated alkanes) is 2. The van der Waals surface area contributed by atoms with Gasteiger partial charge in [0.05, 0.1) is 0 Å². The lowest BCUT2D eigenvalue weighted by Crippen LogP contribution is -2.23. The van der Waals surface area contributed by atoms with Crippen LogP contribution in [0.4, 0.5) is 5.69 Å². The molecule has 0 heterocycles. The lowest BCUT2D eigenvalue weighted by Gasteiger charge is -2.22. The van der Waals surface area contributed by atoms with E-state index < -0.39 is 0 Å². The van der Waals surface area contributed by atoms with Gasteiger partial charge in [-0.15, -0.1) is 0 Å². The van der Waals surface area contributed by atoms with Gasteiger partial charge in [0.1, 0.15) is 0 Å². The van der Waals surface area contributed by atoms with Crippen molar-refractivity contribution >= 4 is 23.1 Å². The van der Waals surface area contributed by atoms with Crippen molar-refractivity contribution in [2.45, 2.75) is 26.2 Å².